The van der Waals surface area contributed by atoms with E-state index in [9.17, 15) is 17.6 Å². The molecule has 0 saturated heterocycles. The van der Waals surface area contributed by atoms with Gasteiger partial charge in [0, 0.05) is 19.4 Å². The van der Waals surface area contributed by atoms with Crippen molar-refractivity contribution < 1.29 is 12.8 Å². The normalized spacial score (nSPS) is 11.4. The lowest BCUT2D eigenvalue weighted by atomic mass is 10.2. The van der Waals surface area contributed by atoms with Crippen LogP contribution < -0.4 is 10.2 Å². The van der Waals surface area contributed by atoms with Crippen LogP contribution in [0.3, 0.4) is 0 Å². The van der Waals surface area contributed by atoms with Gasteiger partial charge in [-0.05, 0) is 40.5 Å². The Morgan fingerprint density at radius 1 is 1.29 bits per heavy atom. The Morgan fingerprint density at radius 2 is 1.95 bits per heavy atom. The van der Waals surface area contributed by atoms with Gasteiger partial charge in [0.1, 0.15) is 16.4 Å². The van der Waals surface area contributed by atoms with Crippen molar-refractivity contribution in [3.05, 3.63) is 56.7 Å². The van der Waals surface area contributed by atoms with E-state index in [1.807, 2.05) is 0 Å². The molecule has 1 aromatic heterocycles. The van der Waals surface area contributed by atoms with E-state index in [1.165, 1.54) is 29.1 Å². The van der Waals surface area contributed by atoms with Gasteiger partial charge in [-0.3, -0.25) is 9.52 Å². The molecular weight excluding hydrogens is 363 g/mol. The molecule has 0 fully saturated rings. The zero-order chi connectivity index (χ0) is 15.8. The zero-order valence-electron chi connectivity index (χ0n) is 11.2. The van der Waals surface area contributed by atoms with Crippen LogP contribution in [-0.2, 0) is 17.1 Å². The van der Waals surface area contributed by atoms with Crippen LogP contribution in [-0.4, -0.2) is 13.0 Å². The highest BCUT2D eigenvalue weighted by Gasteiger charge is 2.21. The highest BCUT2D eigenvalue weighted by Crippen LogP contribution is 2.19. The lowest BCUT2D eigenvalue weighted by Crippen LogP contribution is -2.21. The monoisotopic (exact) mass is 374 g/mol. The number of benzene rings is 1. The van der Waals surface area contributed by atoms with Gasteiger partial charge in [-0.15, -0.1) is 0 Å². The molecule has 0 amide bonds. The maximum absolute atomic E-state index is 13.7. The van der Waals surface area contributed by atoms with E-state index in [0.29, 0.717) is 5.56 Å². The van der Waals surface area contributed by atoms with E-state index < -0.39 is 26.2 Å². The Kier molecular flexibility index (Phi) is 4.20. The molecule has 0 saturated carbocycles. The van der Waals surface area contributed by atoms with Gasteiger partial charge >= 0.3 is 0 Å². The van der Waals surface area contributed by atoms with Gasteiger partial charge in [-0.25, -0.2) is 12.8 Å². The summed E-state index contributed by atoms with van der Waals surface area (Å²) in [5.74, 6) is -0.875. The first-order valence-electron chi connectivity index (χ1n) is 5.85. The number of anilines is 1. The smallest absolute Gasteiger partial charge is 0.264 e. The van der Waals surface area contributed by atoms with E-state index in [2.05, 4.69) is 20.7 Å². The van der Waals surface area contributed by atoms with Gasteiger partial charge in [-0.2, -0.15) is 0 Å². The second-order valence-electron chi connectivity index (χ2n) is 4.55. The summed E-state index contributed by atoms with van der Waals surface area (Å²) in [7, 11) is -2.55. The minimum Gasteiger partial charge on any atom is -0.354 e. The van der Waals surface area contributed by atoms with Crippen LogP contribution in [0.1, 0.15) is 5.56 Å². The van der Waals surface area contributed by atoms with Crippen molar-refractivity contribution in [1.29, 1.82) is 0 Å². The SMILES string of the molecule is Cc1ccc(F)c(S(=O)(=O)Nc2cn(C)cc(Br)c2=O)c1. The van der Waals surface area contributed by atoms with Crippen molar-refractivity contribution in [1.82, 2.24) is 4.57 Å². The molecule has 1 heterocycles. The molecule has 0 bridgehead atoms. The largest absolute Gasteiger partial charge is 0.354 e. The number of halogens is 2. The fourth-order valence-electron chi connectivity index (χ4n) is 1.75. The summed E-state index contributed by atoms with van der Waals surface area (Å²) in [6.07, 6.45) is 2.81. The Bertz CT molecular complexity index is 862. The van der Waals surface area contributed by atoms with Crippen LogP contribution >= 0.6 is 15.9 Å². The summed E-state index contributed by atoms with van der Waals surface area (Å²) in [5.41, 5.74) is -0.0866. The predicted molar refractivity (Wildman–Crippen MR) is 81.3 cm³/mol. The molecule has 0 aliphatic carbocycles. The lowest BCUT2D eigenvalue weighted by molar-refractivity contribution is 0.569. The van der Waals surface area contributed by atoms with E-state index in [4.69, 9.17) is 0 Å². The molecule has 2 aromatic rings. The van der Waals surface area contributed by atoms with Gasteiger partial charge in [0.2, 0.25) is 5.43 Å². The molecule has 21 heavy (non-hydrogen) atoms. The van der Waals surface area contributed by atoms with Gasteiger partial charge in [0.15, 0.2) is 0 Å². The minimum absolute atomic E-state index is 0.159. The van der Waals surface area contributed by atoms with Crippen molar-refractivity contribution in [3.63, 3.8) is 0 Å². The van der Waals surface area contributed by atoms with E-state index >= 15 is 0 Å². The van der Waals surface area contributed by atoms with Crippen molar-refractivity contribution in [2.75, 3.05) is 4.72 Å². The Labute approximate surface area is 129 Å². The Balaban J connectivity index is 2.52. The molecule has 1 aromatic carbocycles. The van der Waals surface area contributed by atoms with Crippen LogP contribution in [0, 0.1) is 12.7 Å². The van der Waals surface area contributed by atoms with Crippen LogP contribution in [0.5, 0.6) is 0 Å². The second-order valence-corrected chi connectivity index (χ2v) is 7.06. The minimum atomic E-state index is -4.18. The summed E-state index contributed by atoms with van der Waals surface area (Å²) in [4.78, 5) is 11.4. The van der Waals surface area contributed by atoms with E-state index in [0.717, 1.165) is 6.07 Å². The fourth-order valence-corrected chi connectivity index (χ4v) is 3.50. The third-order valence-electron chi connectivity index (χ3n) is 2.73. The number of hydrogen-bond acceptors (Lipinski definition) is 3. The fraction of sp³-hybridized carbons (Fsp3) is 0.154. The number of hydrogen-bond donors (Lipinski definition) is 1. The first-order chi connectivity index (χ1) is 9.70. The van der Waals surface area contributed by atoms with Crippen molar-refractivity contribution in [3.8, 4) is 0 Å². The van der Waals surface area contributed by atoms with Gasteiger partial charge in [-0.1, -0.05) is 6.07 Å². The van der Waals surface area contributed by atoms with E-state index in [-0.39, 0.29) is 10.2 Å². The average molecular weight is 375 g/mol. The van der Waals surface area contributed by atoms with Crippen LogP contribution in [0.2, 0.25) is 0 Å². The first-order valence-corrected chi connectivity index (χ1v) is 8.13. The number of aryl methyl sites for hydroxylation is 2. The number of pyridine rings is 1. The summed E-state index contributed by atoms with van der Waals surface area (Å²) in [5, 5.41) is 0. The summed E-state index contributed by atoms with van der Waals surface area (Å²) < 4.78 is 42.0. The quantitative estimate of drug-likeness (QED) is 0.896. The second kappa shape index (κ2) is 5.61. The van der Waals surface area contributed by atoms with Crippen molar-refractivity contribution in [2.24, 2.45) is 7.05 Å². The van der Waals surface area contributed by atoms with Crippen LogP contribution in [0.4, 0.5) is 10.1 Å². The molecule has 0 aliphatic heterocycles. The number of rotatable bonds is 3. The summed E-state index contributed by atoms with van der Waals surface area (Å²) in [6, 6.07) is 3.75. The number of aromatic nitrogens is 1. The molecule has 112 valence electrons. The Hall–Kier alpha value is -1.67. The molecule has 0 unspecified atom stereocenters. The maximum Gasteiger partial charge on any atom is 0.264 e. The predicted octanol–water partition coefficient (Wildman–Crippen LogP) is 2.40. The third kappa shape index (κ3) is 3.33. The third-order valence-corrected chi connectivity index (χ3v) is 4.68. The lowest BCUT2D eigenvalue weighted by Gasteiger charge is -2.10. The summed E-state index contributed by atoms with van der Waals surface area (Å²) >= 11 is 3.04. The highest BCUT2D eigenvalue weighted by molar-refractivity contribution is 9.10. The standard InChI is InChI=1S/C13H12BrFN2O3S/c1-8-3-4-10(15)12(5-8)21(19,20)16-11-7-17(2)6-9(14)13(11)18/h3-7,16H,1-2H3. The molecule has 5 nitrogen and oxygen atoms in total. The molecule has 0 atom stereocenters. The van der Waals surface area contributed by atoms with E-state index in [1.54, 1.807) is 14.0 Å². The average Bonchev–Trinajstić information content (AvgIpc) is 2.37. The molecule has 8 heteroatoms. The molecular formula is C13H12BrFN2O3S. The van der Waals surface area contributed by atoms with Crippen molar-refractivity contribution >= 4 is 31.6 Å². The maximum atomic E-state index is 13.7. The molecule has 1 N–H and O–H groups in total. The molecule has 2 rings (SSSR count). The molecule has 0 spiro atoms. The summed E-state index contributed by atoms with van der Waals surface area (Å²) in [6.45, 7) is 1.65. The first kappa shape index (κ1) is 15.7. The van der Waals surface area contributed by atoms with Gasteiger partial charge in [0.05, 0.1) is 4.47 Å². The Morgan fingerprint density at radius 3 is 2.62 bits per heavy atom. The number of nitrogens with one attached hydrogen (secondary N) is 1. The van der Waals surface area contributed by atoms with Crippen molar-refractivity contribution in [2.45, 2.75) is 11.8 Å². The highest BCUT2D eigenvalue weighted by atomic mass is 79.9. The van der Waals surface area contributed by atoms with Crippen LogP contribution in [0.15, 0.2) is 44.8 Å². The van der Waals surface area contributed by atoms with Crippen LogP contribution in [0.25, 0.3) is 0 Å². The zero-order valence-corrected chi connectivity index (χ0v) is 13.6. The topological polar surface area (TPSA) is 68.2 Å². The number of sulfonamides is 1. The van der Waals surface area contributed by atoms with Gasteiger partial charge in [0.25, 0.3) is 10.0 Å². The van der Waals surface area contributed by atoms with Gasteiger partial charge < -0.3 is 4.57 Å². The molecule has 0 aliphatic rings. The molecule has 0 radical (unpaired) electrons. The number of nitrogens with zero attached hydrogens (tertiary/aromatic N) is 1.